The lowest BCUT2D eigenvalue weighted by molar-refractivity contribution is -0.161. The van der Waals surface area contributed by atoms with Gasteiger partial charge in [-0.3, -0.25) is 18.6 Å². The Morgan fingerprint density at radius 2 is 1.22 bits per heavy atom. The fraction of sp³-hybridized carbons (Fsp3) is 0.882. The van der Waals surface area contributed by atoms with E-state index >= 15 is 0 Å². The van der Waals surface area contributed by atoms with Gasteiger partial charge in [0, 0.05) is 25.2 Å². The van der Waals surface area contributed by atoms with Crippen molar-refractivity contribution in [2.24, 2.45) is 17.8 Å². The zero-order valence-electron chi connectivity index (χ0n) is 41.0. The van der Waals surface area contributed by atoms with Gasteiger partial charge in [-0.05, 0) is 43.9 Å². The van der Waals surface area contributed by atoms with E-state index in [4.69, 9.17) is 23.6 Å². The summed E-state index contributed by atoms with van der Waals surface area (Å²) < 4.78 is 32.8. The number of phosphoric ester groups is 1. The van der Waals surface area contributed by atoms with E-state index in [0.29, 0.717) is 32.1 Å². The van der Waals surface area contributed by atoms with Crippen molar-refractivity contribution in [3.8, 4) is 0 Å². The molecule has 0 spiro atoms. The molecule has 1 saturated carbocycles. The van der Waals surface area contributed by atoms with Crippen molar-refractivity contribution in [1.82, 2.24) is 0 Å². The zero-order chi connectivity index (χ0) is 48.0. The molecule has 1 aliphatic rings. The number of hydrogen-bond acceptors (Lipinski definition) is 12. The number of aliphatic hydroxyl groups excluding tert-OH is 5. The van der Waals surface area contributed by atoms with E-state index in [1.807, 2.05) is 18.2 Å². The van der Waals surface area contributed by atoms with Gasteiger partial charge in [-0.25, -0.2) is 4.57 Å². The van der Waals surface area contributed by atoms with Gasteiger partial charge in [-0.15, -0.1) is 0 Å². The summed E-state index contributed by atoms with van der Waals surface area (Å²) in [5, 5.41) is 49.8. The average molecular weight is 947 g/mol. The molecule has 65 heavy (non-hydrogen) atoms. The molecule has 0 bridgehead atoms. The summed E-state index contributed by atoms with van der Waals surface area (Å²) in [5.74, 6) is -0.660. The van der Waals surface area contributed by atoms with Gasteiger partial charge in [-0.2, -0.15) is 0 Å². The number of rotatable bonds is 44. The SMILES string of the molecule is CCCCC[C@H](O)/C=C/[C@@H]1[C@@H](C/C=C/CCCC(=O)OC[C@H](COP(=O)(O)OC[C@@H](O)CO)OC(=O)CCCCCCCCCCCCCCCCCCCCC(C)CC)[C@@H](O)C[C@H]1O. The fourth-order valence-corrected chi connectivity index (χ4v) is 9.05. The molecule has 0 radical (unpaired) electrons. The van der Waals surface area contributed by atoms with E-state index in [2.05, 4.69) is 20.8 Å². The average Bonchev–Trinajstić information content (AvgIpc) is 3.56. The number of carbonyl (C=O) groups is 2. The molecule has 13 nitrogen and oxygen atoms in total. The van der Waals surface area contributed by atoms with Crippen molar-refractivity contribution < 1.29 is 63.1 Å². The summed E-state index contributed by atoms with van der Waals surface area (Å²) in [7, 11) is -4.68. The second-order valence-corrected chi connectivity index (χ2v) is 20.2. The Morgan fingerprint density at radius 3 is 1.78 bits per heavy atom. The second kappa shape index (κ2) is 40.2. The van der Waals surface area contributed by atoms with Crippen LogP contribution in [0.5, 0.6) is 0 Å². The maximum atomic E-state index is 12.7. The number of ether oxygens (including phenoxy) is 2. The van der Waals surface area contributed by atoms with Crippen LogP contribution >= 0.6 is 7.82 Å². The minimum absolute atomic E-state index is 0.0671. The minimum atomic E-state index is -4.68. The summed E-state index contributed by atoms with van der Waals surface area (Å²) >= 11 is 0. The number of hydrogen-bond donors (Lipinski definition) is 6. The van der Waals surface area contributed by atoms with E-state index < -0.39 is 76.7 Å². The number of phosphoric acid groups is 1. The molecule has 0 amide bonds. The van der Waals surface area contributed by atoms with Crippen LogP contribution in [0, 0.1) is 17.8 Å². The molecule has 0 aromatic heterocycles. The minimum Gasteiger partial charge on any atom is -0.462 e. The van der Waals surface area contributed by atoms with Gasteiger partial charge < -0.3 is 39.9 Å². The maximum Gasteiger partial charge on any atom is 0.472 e. The summed E-state index contributed by atoms with van der Waals surface area (Å²) in [4.78, 5) is 35.4. The predicted molar refractivity (Wildman–Crippen MR) is 258 cm³/mol. The van der Waals surface area contributed by atoms with Gasteiger partial charge in [0.25, 0.3) is 0 Å². The van der Waals surface area contributed by atoms with E-state index in [-0.39, 0.29) is 31.1 Å². The maximum absolute atomic E-state index is 12.7. The van der Waals surface area contributed by atoms with Crippen molar-refractivity contribution in [3.63, 3.8) is 0 Å². The Morgan fingerprint density at radius 1 is 0.677 bits per heavy atom. The van der Waals surface area contributed by atoms with Crippen molar-refractivity contribution in [3.05, 3.63) is 24.3 Å². The van der Waals surface area contributed by atoms with Crippen LogP contribution in [-0.4, -0.2) is 99.3 Å². The Balaban J connectivity index is 2.34. The molecule has 6 N–H and O–H groups in total. The molecule has 2 unspecified atom stereocenters. The van der Waals surface area contributed by atoms with Crippen LogP contribution in [0.2, 0.25) is 0 Å². The van der Waals surface area contributed by atoms with Crippen LogP contribution in [0.25, 0.3) is 0 Å². The molecule has 14 heteroatoms. The molecule has 0 heterocycles. The monoisotopic (exact) mass is 947 g/mol. The third kappa shape index (κ3) is 34.3. The molecule has 382 valence electrons. The quantitative estimate of drug-likeness (QED) is 0.0146. The molecular formula is C51H95O13P. The molecule has 0 aromatic carbocycles. The third-order valence-corrected chi connectivity index (χ3v) is 13.7. The largest absolute Gasteiger partial charge is 0.472 e. The first-order chi connectivity index (χ1) is 31.3. The van der Waals surface area contributed by atoms with Gasteiger partial charge in [-0.1, -0.05) is 186 Å². The standard InChI is InChI=1S/C51H95O13P/c1-4-6-25-31-43(53)35-36-47-46(48(55)37-49(47)56)32-27-23-24-28-33-50(57)61-40-45(41-63-65(59,60)62-39-44(54)38-52)64-51(58)34-29-22-20-18-16-14-12-10-8-7-9-11-13-15-17-19-21-26-30-42(3)5-2/h23,27,35-36,42-49,52-56H,4-22,24-26,28-34,37-41H2,1-3H3,(H,59,60)/b27-23+,36-35+/t42?,43-,44-,45+,46+,47+,48-,49+/m0/s1. The highest BCUT2D eigenvalue weighted by molar-refractivity contribution is 7.47. The Kier molecular flexibility index (Phi) is 38.0. The first kappa shape index (κ1) is 61.3. The lowest BCUT2D eigenvalue weighted by atomic mass is 9.89. The van der Waals surface area contributed by atoms with Crippen LogP contribution in [0.4, 0.5) is 0 Å². The predicted octanol–water partition coefficient (Wildman–Crippen LogP) is 10.7. The van der Waals surface area contributed by atoms with Crippen LogP contribution in [0.15, 0.2) is 24.3 Å². The smallest absolute Gasteiger partial charge is 0.462 e. The van der Waals surface area contributed by atoms with Crippen molar-refractivity contribution in [2.75, 3.05) is 26.4 Å². The first-order valence-corrected chi connectivity index (χ1v) is 27.4. The van der Waals surface area contributed by atoms with Gasteiger partial charge in [0.05, 0.1) is 38.1 Å². The van der Waals surface area contributed by atoms with Crippen molar-refractivity contribution in [2.45, 2.75) is 244 Å². The van der Waals surface area contributed by atoms with E-state index in [9.17, 15) is 39.5 Å². The molecular weight excluding hydrogens is 852 g/mol. The summed E-state index contributed by atoms with van der Waals surface area (Å²) in [6, 6.07) is 0. The Bertz CT molecular complexity index is 1260. The number of allylic oxidation sites excluding steroid dienone is 2. The highest BCUT2D eigenvalue weighted by Crippen LogP contribution is 2.43. The fourth-order valence-electron chi connectivity index (χ4n) is 8.26. The summed E-state index contributed by atoms with van der Waals surface area (Å²) in [6.45, 7) is 4.43. The highest BCUT2D eigenvalue weighted by Gasteiger charge is 2.39. The number of aliphatic hydroxyl groups is 5. The van der Waals surface area contributed by atoms with E-state index in [1.165, 1.54) is 103 Å². The molecule has 1 rings (SSSR count). The normalized spacial score (nSPS) is 20.6. The molecule has 0 saturated heterocycles. The van der Waals surface area contributed by atoms with E-state index in [1.54, 1.807) is 6.08 Å². The summed E-state index contributed by atoms with van der Waals surface area (Å²) in [5.41, 5.74) is 0. The molecule has 0 aliphatic heterocycles. The van der Waals surface area contributed by atoms with Gasteiger partial charge in [0.15, 0.2) is 6.10 Å². The lowest BCUT2D eigenvalue weighted by Crippen LogP contribution is -2.29. The Hall–Kier alpha value is -1.67. The van der Waals surface area contributed by atoms with Crippen LogP contribution in [-0.2, 0) is 32.7 Å². The third-order valence-electron chi connectivity index (χ3n) is 12.7. The lowest BCUT2D eigenvalue weighted by Gasteiger charge is -2.20. The molecule has 1 fully saturated rings. The zero-order valence-corrected chi connectivity index (χ0v) is 41.9. The summed E-state index contributed by atoms with van der Waals surface area (Å²) in [6.07, 6.45) is 33.7. The molecule has 0 aromatic rings. The van der Waals surface area contributed by atoms with Gasteiger partial charge in [0.1, 0.15) is 12.7 Å². The van der Waals surface area contributed by atoms with Crippen LogP contribution in [0.1, 0.15) is 213 Å². The van der Waals surface area contributed by atoms with E-state index in [0.717, 1.165) is 44.4 Å². The molecule has 1 aliphatic carbocycles. The van der Waals surface area contributed by atoms with Gasteiger partial charge >= 0.3 is 19.8 Å². The first-order valence-electron chi connectivity index (χ1n) is 25.9. The number of unbranched alkanes of at least 4 members (excludes halogenated alkanes) is 20. The molecule has 9 atom stereocenters. The number of carbonyl (C=O) groups excluding carboxylic acids is 2. The highest BCUT2D eigenvalue weighted by atomic mass is 31.2. The number of esters is 2. The van der Waals surface area contributed by atoms with Crippen molar-refractivity contribution >= 4 is 19.8 Å². The second-order valence-electron chi connectivity index (χ2n) is 18.8. The van der Waals surface area contributed by atoms with Crippen molar-refractivity contribution in [1.29, 1.82) is 0 Å². The Labute approximate surface area is 394 Å². The van der Waals surface area contributed by atoms with Gasteiger partial charge in [0.2, 0.25) is 0 Å². The van der Waals surface area contributed by atoms with Crippen LogP contribution < -0.4 is 0 Å². The topological polar surface area (TPSA) is 210 Å². The van der Waals surface area contributed by atoms with Crippen LogP contribution in [0.3, 0.4) is 0 Å².